The van der Waals surface area contributed by atoms with Crippen molar-refractivity contribution in [3.8, 4) is 0 Å². The zero-order valence-corrected chi connectivity index (χ0v) is 13.3. The summed E-state index contributed by atoms with van der Waals surface area (Å²) < 4.78 is 5.81. The van der Waals surface area contributed by atoms with E-state index in [4.69, 9.17) is 21.3 Å². The third-order valence-corrected chi connectivity index (χ3v) is 4.40. The van der Waals surface area contributed by atoms with Crippen LogP contribution in [0.2, 0.25) is 0 Å². The highest BCUT2D eigenvalue weighted by Gasteiger charge is 2.28. The number of anilines is 1. The summed E-state index contributed by atoms with van der Waals surface area (Å²) in [4.78, 5) is 7.21. The molecule has 3 rings (SSSR count). The van der Waals surface area contributed by atoms with Crippen LogP contribution in [0.3, 0.4) is 0 Å². The number of hydrogen-bond acceptors (Lipinski definition) is 3. The van der Waals surface area contributed by atoms with Gasteiger partial charge in [-0.1, -0.05) is 31.2 Å². The van der Waals surface area contributed by atoms with Gasteiger partial charge in [-0.05, 0) is 24.8 Å². The second-order valence-electron chi connectivity index (χ2n) is 5.65. The van der Waals surface area contributed by atoms with Crippen molar-refractivity contribution in [2.75, 3.05) is 18.1 Å². The molecule has 0 spiro atoms. The van der Waals surface area contributed by atoms with Gasteiger partial charge in [-0.3, -0.25) is 0 Å². The number of nitrogens with zero attached hydrogens (tertiary/aromatic N) is 2. The van der Waals surface area contributed by atoms with E-state index in [1.54, 1.807) is 0 Å². The van der Waals surface area contributed by atoms with Crippen LogP contribution in [-0.2, 0) is 10.6 Å². The van der Waals surface area contributed by atoms with Crippen LogP contribution in [-0.4, -0.2) is 30.3 Å². The fourth-order valence-corrected chi connectivity index (χ4v) is 3.10. The molecule has 2 heterocycles. The van der Waals surface area contributed by atoms with Crippen molar-refractivity contribution >= 4 is 28.2 Å². The smallest absolute Gasteiger partial charge is 0.137 e. The Morgan fingerprint density at radius 1 is 1.38 bits per heavy atom. The number of alkyl halides is 1. The summed E-state index contributed by atoms with van der Waals surface area (Å²) in [6.45, 7) is 5.96. The Morgan fingerprint density at radius 3 is 2.95 bits per heavy atom. The first-order valence-electron chi connectivity index (χ1n) is 7.55. The third kappa shape index (κ3) is 2.85. The van der Waals surface area contributed by atoms with Crippen molar-refractivity contribution in [3.63, 3.8) is 0 Å². The quantitative estimate of drug-likeness (QED) is 0.802. The van der Waals surface area contributed by atoms with E-state index in [0.717, 1.165) is 31.1 Å². The predicted octanol–water partition coefficient (Wildman–Crippen LogP) is 3.98. The SMILES string of the molecule is CCC1COC(C)CN1c1nc(CCl)cc2ccccc12. The van der Waals surface area contributed by atoms with Crippen LogP contribution in [0.1, 0.15) is 26.0 Å². The topological polar surface area (TPSA) is 25.4 Å². The molecule has 1 fully saturated rings. The van der Waals surface area contributed by atoms with Gasteiger partial charge in [0.1, 0.15) is 5.82 Å². The maximum absolute atomic E-state index is 6.03. The average molecular weight is 305 g/mol. The molecule has 1 saturated heterocycles. The molecule has 21 heavy (non-hydrogen) atoms. The molecular weight excluding hydrogens is 284 g/mol. The van der Waals surface area contributed by atoms with E-state index in [-0.39, 0.29) is 6.10 Å². The molecule has 1 aliphatic heterocycles. The summed E-state index contributed by atoms with van der Waals surface area (Å²) >= 11 is 6.03. The van der Waals surface area contributed by atoms with Gasteiger partial charge in [0.05, 0.1) is 30.3 Å². The zero-order valence-electron chi connectivity index (χ0n) is 12.6. The van der Waals surface area contributed by atoms with Gasteiger partial charge in [0.2, 0.25) is 0 Å². The van der Waals surface area contributed by atoms with Crippen LogP contribution in [0, 0.1) is 0 Å². The summed E-state index contributed by atoms with van der Waals surface area (Å²) in [6, 6.07) is 10.9. The highest BCUT2D eigenvalue weighted by molar-refractivity contribution is 6.17. The predicted molar refractivity (Wildman–Crippen MR) is 88.1 cm³/mol. The Labute approximate surface area is 130 Å². The number of halogens is 1. The van der Waals surface area contributed by atoms with Crippen molar-refractivity contribution in [1.29, 1.82) is 0 Å². The summed E-state index contributed by atoms with van der Waals surface area (Å²) in [5.74, 6) is 1.49. The Morgan fingerprint density at radius 2 is 2.19 bits per heavy atom. The largest absolute Gasteiger partial charge is 0.375 e. The number of morpholine rings is 1. The van der Waals surface area contributed by atoms with Crippen molar-refractivity contribution < 1.29 is 4.74 Å². The second-order valence-corrected chi connectivity index (χ2v) is 5.92. The van der Waals surface area contributed by atoms with E-state index in [0.29, 0.717) is 11.9 Å². The number of ether oxygens (including phenoxy) is 1. The first-order chi connectivity index (χ1) is 10.2. The molecule has 4 heteroatoms. The first kappa shape index (κ1) is 14.6. The number of fused-ring (bicyclic) bond motifs is 1. The lowest BCUT2D eigenvalue weighted by Gasteiger charge is -2.39. The molecule has 0 radical (unpaired) electrons. The van der Waals surface area contributed by atoms with E-state index >= 15 is 0 Å². The molecular formula is C17H21ClN2O. The monoisotopic (exact) mass is 304 g/mol. The van der Waals surface area contributed by atoms with Gasteiger partial charge in [-0.2, -0.15) is 0 Å². The second kappa shape index (κ2) is 6.20. The molecule has 1 aromatic carbocycles. The van der Waals surface area contributed by atoms with Crippen LogP contribution in [0.25, 0.3) is 10.8 Å². The van der Waals surface area contributed by atoms with Crippen molar-refractivity contribution in [2.45, 2.75) is 38.3 Å². The Balaban J connectivity index is 2.12. The summed E-state index contributed by atoms with van der Waals surface area (Å²) in [5, 5.41) is 2.39. The van der Waals surface area contributed by atoms with E-state index in [1.807, 2.05) is 0 Å². The molecule has 2 atom stereocenters. The van der Waals surface area contributed by atoms with Gasteiger partial charge in [-0.15, -0.1) is 11.6 Å². The van der Waals surface area contributed by atoms with E-state index in [2.05, 4.69) is 49.1 Å². The number of hydrogen-bond donors (Lipinski definition) is 0. The summed E-state index contributed by atoms with van der Waals surface area (Å²) in [6.07, 6.45) is 1.28. The molecule has 0 bridgehead atoms. The van der Waals surface area contributed by atoms with Crippen LogP contribution in [0.5, 0.6) is 0 Å². The molecule has 2 unspecified atom stereocenters. The number of rotatable bonds is 3. The van der Waals surface area contributed by atoms with E-state index in [9.17, 15) is 0 Å². The van der Waals surface area contributed by atoms with Crippen molar-refractivity contribution in [1.82, 2.24) is 4.98 Å². The molecule has 1 aliphatic rings. The minimum atomic E-state index is 0.230. The average Bonchev–Trinajstić information content (AvgIpc) is 2.53. The zero-order chi connectivity index (χ0) is 14.8. The van der Waals surface area contributed by atoms with Crippen LogP contribution in [0.4, 0.5) is 5.82 Å². The molecule has 0 aliphatic carbocycles. The Kier molecular flexibility index (Phi) is 4.32. The van der Waals surface area contributed by atoms with Gasteiger partial charge >= 0.3 is 0 Å². The molecule has 0 amide bonds. The highest BCUT2D eigenvalue weighted by Crippen LogP contribution is 2.30. The Bertz CT molecular complexity index is 631. The highest BCUT2D eigenvalue weighted by atomic mass is 35.5. The molecule has 1 aromatic heterocycles. The third-order valence-electron chi connectivity index (χ3n) is 4.12. The number of pyridine rings is 1. The van der Waals surface area contributed by atoms with Crippen LogP contribution in [0.15, 0.2) is 30.3 Å². The fourth-order valence-electron chi connectivity index (χ4n) is 2.96. The van der Waals surface area contributed by atoms with Gasteiger partial charge in [0, 0.05) is 11.9 Å². The Hall–Kier alpha value is -1.32. The normalized spacial score (nSPS) is 22.7. The number of aromatic nitrogens is 1. The minimum Gasteiger partial charge on any atom is -0.375 e. The fraction of sp³-hybridized carbons (Fsp3) is 0.471. The standard InChI is InChI=1S/C17H21ClN2O/c1-3-15-11-21-12(2)10-20(15)17-16-7-5-4-6-13(16)8-14(9-18)19-17/h4-8,12,15H,3,9-11H2,1-2H3. The molecule has 0 N–H and O–H groups in total. The molecule has 2 aromatic rings. The van der Waals surface area contributed by atoms with Gasteiger partial charge in [0.25, 0.3) is 0 Å². The van der Waals surface area contributed by atoms with Crippen LogP contribution >= 0.6 is 11.6 Å². The molecule has 3 nitrogen and oxygen atoms in total. The summed E-state index contributed by atoms with van der Waals surface area (Å²) in [7, 11) is 0. The first-order valence-corrected chi connectivity index (χ1v) is 8.09. The minimum absolute atomic E-state index is 0.230. The molecule has 0 saturated carbocycles. The summed E-state index contributed by atoms with van der Waals surface area (Å²) in [5.41, 5.74) is 0.930. The van der Waals surface area contributed by atoms with E-state index < -0.39 is 0 Å². The van der Waals surface area contributed by atoms with Gasteiger partial charge in [-0.25, -0.2) is 4.98 Å². The lowest BCUT2D eigenvalue weighted by Crippen LogP contribution is -2.49. The van der Waals surface area contributed by atoms with Gasteiger partial charge < -0.3 is 9.64 Å². The maximum Gasteiger partial charge on any atom is 0.137 e. The lowest BCUT2D eigenvalue weighted by atomic mass is 10.1. The van der Waals surface area contributed by atoms with Crippen LogP contribution < -0.4 is 4.90 Å². The molecule has 112 valence electrons. The van der Waals surface area contributed by atoms with Gasteiger partial charge in [0.15, 0.2) is 0 Å². The lowest BCUT2D eigenvalue weighted by molar-refractivity contribution is 0.0297. The van der Waals surface area contributed by atoms with Crippen molar-refractivity contribution in [3.05, 3.63) is 36.0 Å². The van der Waals surface area contributed by atoms with Crippen molar-refractivity contribution in [2.24, 2.45) is 0 Å². The number of benzene rings is 1. The maximum atomic E-state index is 6.03. The van der Waals surface area contributed by atoms with E-state index in [1.165, 1.54) is 10.8 Å².